The number of rotatable bonds is 3. The first kappa shape index (κ1) is 14.4. The zero-order valence-electron chi connectivity index (χ0n) is 12.3. The number of pyridine rings is 1. The lowest BCUT2D eigenvalue weighted by molar-refractivity contribution is 0.115. The van der Waals surface area contributed by atoms with Crippen LogP contribution in [0, 0.1) is 6.92 Å². The summed E-state index contributed by atoms with van der Waals surface area (Å²) >= 11 is 0. The number of hydrogen-bond acceptors (Lipinski definition) is 5. The molecular formula is C13H18N4O3S. The smallest absolute Gasteiger partial charge is 0.244 e. The summed E-state index contributed by atoms with van der Waals surface area (Å²) in [6, 6.07) is 1.65. The molecule has 114 valence electrons. The molecular weight excluding hydrogens is 292 g/mol. The summed E-state index contributed by atoms with van der Waals surface area (Å²) in [4.78, 5) is 4.45. The molecule has 0 bridgehead atoms. The zero-order valence-corrected chi connectivity index (χ0v) is 13.1. The maximum absolute atomic E-state index is 12.7. The number of methoxy groups -OCH3 is 1. The SMILES string of the molecule is CO[C@H]1CCN(S(=O)(=O)c2cnc3c(c2)c(C)nn3C)C1. The van der Waals surface area contributed by atoms with Crippen molar-refractivity contribution in [1.82, 2.24) is 19.1 Å². The van der Waals surface area contributed by atoms with E-state index in [-0.39, 0.29) is 11.0 Å². The number of nitrogens with zero attached hydrogens (tertiary/aromatic N) is 4. The van der Waals surface area contributed by atoms with Gasteiger partial charge in [-0.3, -0.25) is 4.68 Å². The van der Waals surface area contributed by atoms with Gasteiger partial charge in [-0.25, -0.2) is 13.4 Å². The summed E-state index contributed by atoms with van der Waals surface area (Å²) in [6.07, 6.45) is 2.09. The maximum atomic E-state index is 12.7. The number of hydrogen-bond donors (Lipinski definition) is 0. The lowest BCUT2D eigenvalue weighted by Crippen LogP contribution is -2.30. The monoisotopic (exact) mass is 310 g/mol. The number of aromatic nitrogens is 3. The molecule has 1 saturated heterocycles. The minimum atomic E-state index is -3.53. The van der Waals surface area contributed by atoms with Crippen LogP contribution in [0.5, 0.6) is 0 Å². The fourth-order valence-electron chi connectivity index (χ4n) is 2.69. The van der Waals surface area contributed by atoms with Crippen molar-refractivity contribution < 1.29 is 13.2 Å². The maximum Gasteiger partial charge on any atom is 0.244 e. The Bertz CT molecular complexity index is 784. The van der Waals surface area contributed by atoms with Gasteiger partial charge in [-0.1, -0.05) is 0 Å². The molecule has 1 fully saturated rings. The average Bonchev–Trinajstić information content (AvgIpc) is 3.05. The minimum absolute atomic E-state index is 0.0309. The van der Waals surface area contributed by atoms with Crippen LogP contribution in [0.4, 0.5) is 0 Å². The van der Waals surface area contributed by atoms with Crippen molar-refractivity contribution in [3.05, 3.63) is 18.0 Å². The highest BCUT2D eigenvalue weighted by atomic mass is 32.2. The highest BCUT2D eigenvalue weighted by molar-refractivity contribution is 7.89. The van der Waals surface area contributed by atoms with Gasteiger partial charge in [-0.05, 0) is 19.4 Å². The van der Waals surface area contributed by atoms with Crippen LogP contribution >= 0.6 is 0 Å². The molecule has 3 heterocycles. The van der Waals surface area contributed by atoms with Gasteiger partial charge in [-0.2, -0.15) is 9.40 Å². The molecule has 21 heavy (non-hydrogen) atoms. The molecule has 3 rings (SSSR count). The Balaban J connectivity index is 2.01. The average molecular weight is 310 g/mol. The molecule has 2 aromatic rings. The van der Waals surface area contributed by atoms with Gasteiger partial charge in [0.1, 0.15) is 4.90 Å². The number of fused-ring (bicyclic) bond motifs is 1. The normalized spacial score (nSPS) is 20.4. The molecule has 0 amide bonds. The predicted octanol–water partition coefficient (Wildman–Crippen LogP) is 0.686. The highest BCUT2D eigenvalue weighted by Gasteiger charge is 2.33. The lowest BCUT2D eigenvalue weighted by atomic mass is 10.3. The molecule has 7 nitrogen and oxygen atoms in total. The van der Waals surface area contributed by atoms with Crippen LogP contribution in [0.2, 0.25) is 0 Å². The van der Waals surface area contributed by atoms with Gasteiger partial charge >= 0.3 is 0 Å². The van der Waals surface area contributed by atoms with E-state index >= 15 is 0 Å². The van der Waals surface area contributed by atoms with Crippen LogP contribution in [0.15, 0.2) is 17.2 Å². The summed E-state index contributed by atoms with van der Waals surface area (Å²) in [5.74, 6) is 0. The zero-order chi connectivity index (χ0) is 15.2. The van der Waals surface area contributed by atoms with Gasteiger partial charge in [0.25, 0.3) is 0 Å². The van der Waals surface area contributed by atoms with Crippen molar-refractivity contribution in [2.75, 3.05) is 20.2 Å². The second-order valence-corrected chi connectivity index (χ2v) is 7.20. The third-order valence-electron chi connectivity index (χ3n) is 3.92. The van der Waals surface area contributed by atoms with E-state index in [1.165, 1.54) is 10.5 Å². The van der Waals surface area contributed by atoms with E-state index < -0.39 is 10.0 Å². The Morgan fingerprint density at radius 2 is 2.19 bits per heavy atom. The molecule has 0 spiro atoms. The summed E-state index contributed by atoms with van der Waals surface area (Å²) < 4.78 is 33.7. The van der Waals surface area contributed by atoms with E-state index in [0.717, 1.165) is 17.5 Å². The van der Waals surface area contributed by atoms with Crippen LogP contribution in [0.1, 0.15) is 12.1 Å². The largest absolute Gasteiger partial charge is 0.380 e. The van der Waals surface area contributed by atoms with Gasteiger partial charge in [0.05, 0.1) is 11.8 Å². The third-order valence-corrected chi connectivity index (χ3v) is 5.75. The number of sulfonamides is 1. The summed E-state index contributed by atoms with van der Waals surface area (Å²) in [7, 11) is -0.130. The van der Waals surface area contributed by atoms with Crippen molar-refractivity contribution in [2.45, 2.75) is 24.3 Å². The second kappa shape index (κ2) is 5.04. The predicted molar refractivity (Wildman–Crippen MR) is 77.4 cm³/mol. The topological polar surface area (TPSA) is 77.3 Å². The fourth-order valence-corrected chi connectivity index (χ4v) is 4.15. The van der Waals surface area contributed by atoms with E-state index in [1.54, 1.807) is 24.9 Å². The van der Waals surface area contributed by atoms with Crippen molar-refractivity contribution in [1.29, 1.82) is 0 Å². The van der Waals surface area contributed by atoms with Crippen LogP contribution in [-0.4, -0.2) is 53.8 Å². The van der Waals surface area contributed by atoms with Crippen LogP contribution < -0.4 is 0 Å². The molecule has 0 radical (unpaired) electrons. The van der Waals surface area contributed by atoms with Crippen LogP contribution in [-0.2, 0) is 21.8 Å². The second-order valence-electron chi connectivity index (χ2n) is 5.26. The van der Waals surface area contributed by atoms with Gasteiger partial charge < -0.3 is 4.74 Å². The Kier molecular flexibility index (Phi) is 3.46. The Morgan fingerprint density at radius 1 is 1.43 bits per heavy atom. The lowest BCUT2D eigenvalue weighted by Gasteiger charge is -2.16. The first-order chi connectivity index (χ1) is 9.93. The van der Waals surface area contributed by atoms with Gasteiger partial charge in [0, 0.05) is 38.8 Å². The Morgan fingerprint density at radius 3 is 2.86 bits per heavy atom. The first-order valence-corrected chi connectivity index (χ1v) is 8.20. The fraction of sp³-hybridized carbons (Fsp3) is 0.538. The van der Waals surface area contributed by atoms with E-state index in [0.29, 0.717) is 18.7 Å². The third kappa shape index (κ3) is 2.33. The molecule has 1 atom stereocenters. The van der Waals surface area contributed by atoms with Crippen molar-refractivity contribution in [3.8, 4) is 0 Å². The summed E-state index contributed by atoms with van der Waals surface area (Å²) in [5, 5.41) is 5.03. The summed E-state index contributed by atoms with van der Waals surface area (Å²) in [6.45, 7) is 2.71. The molecule has 2 aromatic heterocycles. The molecule has 0 saturated carbocycles. The Labute approximate surface area is 123 Å². The molecule has 1 aliphatic heterocycles. The minimum Gasteiger partial charge on any atom is -0.380 e. The van der Waals surface area contributed by atoms with Gasteiger partial charge in [-0.15, -0.1) is 0 Å². The molecule has 1 aliphatic rings. The van der Waals surface area contributed by atoms with Crippen molar-refractivity contribution in [2.24, 2.45) is 7.05 Å². The van der Waals surface area contributed by atoms with E-state index in [9.17, 15) is 8.42 Å². The molecule has 0 aliphatic carbocycles. The van der Waals surface area contributed by atoms with Gasteiger partial charge in [0.2, 0.25) is 10.0 Å². The summed E-state index contributed by atoms with van der Waals surface area (Å²) in [5.41, 5.74) is 1.45. The van der Waals surface area contributed by atoms with E-state index in [1.807, 2.05) is 6.92 Å². The number of aryl methyl sites for hydroxylation is 2. The highest BCUT2D eigenvalue weighted by Crippen LogP contribution is 2.25. The molecule has 8 heteroatoms. The van der Waals surface area contributed by atoms with Crippen molar-refractivity contribution in [3.63, 3.8) is 0 Å². The molecule has 0 aromatic carbocycles. The first-order valence-electron chi connectivity index (χ1n) is 6.76. The van der Waals surface area contributed by atoms with Crippen molar-refractivity contribution >= 4 is 21.1 Å². The molecule has 0 N–H and O–H groups in total. The van der Waals surface area contributed by atoms with E-state index in [4.69, 9.17) is 4.74 Å². The Hall–Kier alpha value is -1.51. The van der Waals surface area contributed by atoms with Gasteiger partial charge in [0.15, 0.2) is 5.65 Å². The number of ether oxygens (including phenoxy) is 1. The van der Waals surface area contributed by atoms with E-state index in [2.05, 4.69) is 10.1 Å². The standard InChI is InChI=1S/C13H18N4O3S/c1-9-12-6-11(7-14-13(12)16(2)15-9)21(18,19)17-5-4-10(8-17)20-3/h6-7,10H,4-5,8H2,1-3H3/t10-/m0/s1. The molecule has 0 unspecified atom stereocenters. The van der Waals surface area contributed by atoms with Crippen LogP contribution in [0.3, 0.4) is 0 Å². The quantitative estimate of drug-likeness (QED) is 0.833. The van der Waals surface area contributed by atoms with Crippen LogP contribution in [0.25, 0.3) is 11.0 Å².